The Hall–Kier alpha value is -2.38. The largest absolute Gasteiger partial charge is 0.491 e. The first-order chi connectivity index (χ1) is 12.4. The zero-order valence-electron chi connectivity index (χ0n) is 14.6. The third-order valence-corrected chi connectivity index (χ3v) is 4.18. The van der Waals surface area contributed by atoms with E-state index in [0.717, 1.165) is 39.0 Å². The second-order valence-electron chi connectivity index (χ2n) is 5.90. The molecule has 0 bridgehead atoms. The zero-order valence-corrected chi connectivity index (χ0v) is 14.6. The number of rotatable bonds is 7. The zero-order chi connectivity index (χ0) is 19.3. The Bertz CT molecular complexity index is 715. The molecule has 5 nitrogen and oxygen atoms in total. The predicted molar refractivity (Wildman–Crippen MR) is 88.1 cm³/mol. The standard InChI is InChI=1S/C18H20F3NO4/c1-3-26-18(24)12(9-22-10-6-4-5-7-10)16(23)11-8-13(19)15(21)17(25-2)14(11)20/h8-10,12H,3-7H2,1-2H3. The number of carbonyl (C=O) groups is 2. The molecule has 0 aliphatic heterocycles. The number of Topliss-reactive ketones (excluding diaryl/α,β-unsaturated/α-hetero) is 1. The van der Waals surface area contributed by atoms with Crippen molar-refractivity contribution in [3.63, 3.8) is 0 Å². The van der Waals surface area contributed by atoms with Gasteiger partial charge in [0, 0.05) is 12.3 Å². The number of hydrogen-bond acceptors (Lipinski definition) is 5. The average Bonchev–Trinajstić information content (AvgIpc) is 3.12. The number of carbonyl (C=O) groups excluding carboxylic acids is 2. The van der Waals surface area contributed by atoms with Crippen LogP contribution in [0.1, 0.15) is 43.0 Å². The van der Waals surface area contributed by atoms with Crippen molar-refractivity contribution in [1.29, 1.82) is 0 Å². The van der Waals surface area contributed by atoms with Crippen LogP contribution in [0, 0.1) is 23.4 Å². The summed E-state index contributed by atoms with van der Waals surface area (Å²) < 4.78 is 50.9. The molecule has 26 heavy (non-hydrogen) atoms. The normalized spacial score (nSPS) is 16.0. The number of aliphatic imine (C=N–C) groups is 1. The summed E-state index contributed by atoms with van der Waals surface area (Å²) >= 11 is 0. The van der Waals surface area contributed by atoms with Crippen molar-refractivity contribution in [2.24, 2.45) is 10.9 Å². The van der Waals surface area contributed by atoms with Crippen molar-refractivity contribution in [2.75, 3.05) is 13.7 Å². The first-order valence-electron chi connectivity index (χ1n) is 8.36. The molecule has 1 aromatic carbocycles. The number of ketones is 1. The maximum absolute atomic E-state index is 14.4. The molecule has 0 radical (unpaired) electrons. The van der Waals surface area contributed by atoms with Gasteiger partial charge >= 0.3 is 5.97 Å². The van der Waals surface area contributed by atoms with Gasteiger partial charge in [-0.2, -0.15) is 4.39 Å². The predicted octanol–water partition coefficient (Wildman–Crippen LogP) is 3.49. The molecule has 1 unspecified atom stereocenters. The van der Waals surface area contributed by atoms with Gasteiger partial charge in [0.15, 0.2) is 29.1 Å². The fraction of sp³-hybridized carbons (Fsp3) is 0.500. The lowest BCUT2D eigenvalue weighted by atomic mass is 9.97. The lowest BCUT2D eigenvalue weighted by Crippen LogP contribution is -2.29. The summed E-state index contributed by atoms with van der Waals surface area (Å²) in [4.78, 5) is 29.0. The van der Waals surface area contributed by atoms with E-state index in [9.17, 15) is 22.8 Å². The quantitative estimate of drug-likeness (QED) is 0.242. The number of nitrogens with zero attached hydrogens (tertiary/aromatic N) is 1. The summed E-state index contributed by atoms with van der Waals surface area (Å²) in [5, 5.41) is 0. The van der Waals surface area contributed by atoms with Crippen molar-refractivity contribution in [3.05, 3.63) is 29.1 Å². The van der Waals surface area contributed by atoms with Crippen LogP contribution in [-0.4, -0.2) is 37.7 Å². The number of benzene rings is 1. The Morgan fingerprint density at radius 2 is 1.92 bits per heavy atom. The molecule has 142 valence electrons. The van der Waals surface area contributed by atoms with Gasteiger partial charge in [-0.25, -0.2) is 8.78 Å². The van der Waals surface area contributed by atoms with Crippen molar-refractivity contribution in [3.8, 4) is 5.75 Å². The van der Waals surface area contributed by atoms with E-state index in [4.69, 9.17) is 4.74 Å². The number of hydrogen-bond donors (Lipinski definition) is 0. The van der Waals surface area contributed by atoms with Crippen LogP contribution in [0.25, 0.3) is 0 Å². The number of ether oxygens (including phenoxy) is 2. The fourth-order valence-corrected chi connectivity index (χ4v) is 2.84. The van der Waals surface area contributed by atoms with Crippen molar-refractivity contribution in [1.82, 2.24) is 0 Å². The minimum Gasteiger partial charge on any atom is -0.491 e. The average molecular weight is 371 g/mol. The molecule has 8 heteroatoms. The maximum atomic E-state index is 14.4. The molecular weight excluding hydrogens is 351 g/mol. The molecule has 2 rings (SSSR count). The molecule has 0 amide bonds. The molecule has 1 atom stereocenters. The molecular formula is C18H20F3NO4. The molecule has 0 spiro atoms. The summed E-state index contributed by atoms with van der Waals surface area (Å²) in [5.41, 5.74) is -0.795. The van der Waals surface area contributed by atoms with Crippen molar-refractivity contribution in [2.45, 2.75) is 38.6 Å². The first-order valence-corrected chi connectivity index (χ1v) is 8.36. The molecule has 1 fully saturated rings. The van der Waals surface area contributed by atoms with Crippen molar-refractivity contribution < 1.29 is 32.2 Å². The van der Waals surface area contributed by atoms with Gasteiger partial charge in [-0.1, -0.05) is 12.8 Å². The summed E-state index contributed by atoms with van der Waals surface area (Å²) in [6.07, 6.45) is 4.76. The molecule has 0 aromatic heterocycles. The van der Waals surface area contributed by atoms with E-state index in [-0.39, 0.29) is 12.6 Å². The van der Waals surface area contributed by atoms with Crippen LogP contribution in [0.15, 0.2) is 11.1 Å². The van der Waals surface area contributed by atoms with Gasteiger partial charge in [-0.05, 0) is 25.8 Å². The fourth-order valence-electron chi connectivity index (χ4n) is 2.84. The van der Waals surface area contributed by atoms with E-state index in [2.05, 4.69) is 9.73 Å². The monoisotopic (exact) mass is 371 g/mol. The molecule has 0 heterocycles. The lowest BCUT2D eigenvalue weighted by molar-refractivity contribution is -0.143. The Morgan fingerprint density at radius 3 is 2.50 bits per heavy atom. The SMILES string of the molecule is CCOC(=O)C(C=NC1CCCC1)C(=O)c1cc(F)c(F)c(OC)c1F. The van der Waals surface area contributed by atoms with Gasteiger partial charge in [0.2, 0.25) is 5.82 Å². The summed E-state index contributed by atoms with van der Waals surface area (Å²) in [6, 6.07) is 0.384. The minimum atomic E-state index is -1.55. The maximum Gasteiger partial charge on any atom is 0.322 e. The van der Waals surface area contributed by atoms with Gasteiger partial charge in [0.25, 0.3) is 0 Å². The van der Waals surface area contributed by atoms with E-state index < -0.39 is 46.4 Å². The molecule has 1 aromatic rings. The third kappa shape index (κ3) is 4.23. The molecule has 1 aliphatic rings. The van der Waals surface area contributed by atoms with Gasteiger partial charge < -0.3 is 9.47 Å². The van der Waals surface area contributed by atoms with Crippen LogP contribution < -0.4 is 4.74 Å². The van der Waals surface area contributed by atoms with E-state index >= 15 is 0 Å². The third-order valence-electron chi connectivity index (χ3n) is 4.18. The second-order valence-corrected chi connectivity index (χ2v) is 5.90. The van der Waals surface area contributed by atoms with Gasteiger partial charge in [0.1, 0.15) is 0 Å². The minimum absolute atomic E-state index is 0.00344. The topological polar surface area (TPSA) is 65.0 Å². The van der Waals surface area contributed by atoms with Crippen LogP contribution in [-0.2, 0) is 9.53 Å². The second kappa shape index (κ2) is 8.82. The highest BCUT2D eigenvalue weighted by Gasteiger charge is 2.33. The molecule has 1 saturated carbocycles. The van der Waals surface area contributed by atoms with Crippen LogP contribution in [0.4, 0.5) is 13.2 Å². The Labute approximate surface area is 149 Å². The number of esters is 1. The van der Waals surface area contributed by atoms with Gasteiger partial charge in [-0.15, -0.1) is 0 Å². The highest BCUT2D eigenvalue weighted by atomic mass is 19.2. The summed E-state index contributed by atoms with van der Waals surface area (Å²) in [6.45, 7) is 1.55. The van der Waals surface area contributed by atoms with E-state index in [1.165, 1.54) is 0 Å². The van der Waals surface area contributed by atoms with Crippen molar-refractivity contribution >= 4 is 18.0 Å². The number of halogens is 3. The molecule has 1 aliphatic carbocycles. The van der Waals surface area contributed by atoms with Crippen LogP contribution >= 0.6 is 0 Å². The summed E-state index contributed by atoms with van der Waals surface area (Å²) in [5.74, 6) is -8.94. The first kappa shape index (κ1) is 19.9. The molecule has 0 saturated heterocycles. The Morgan fingerprint density at radius 1 is 1.27 bits per heavy atom. The summed E-state index contributed by atoms with van der Waals surface area (Å²) in [7, 11) is 0.944. The van der Waals surface area contributed by atoms with Gasteiger partial charge in [-0.3, -0.25) is 14.6 Å². The van der Waals surface area contributed by atoms with Gasteiger partial charge in [0.05, 0.1) is 19.3 Å². The number of methoxy groups -OCH3 is 1. The highest BCUT2D eigenvalue weighted by Crippen LogP contribution is 2.29. The Balaban J connectivity index is 2.39. The smallest absolute Gasteiger partial charge is 0.322 e. The van der Waals surface area contributed by atoms with Crippen LogP contribution in [0.2, 0.25) is 0 Å². The van der Waals surface area contributed by atoms with E-state index in [0.29, 0.717) is 6.07 Å². The lowest BCUT2D eigenvalue weighted by Gasteiger charge is -2.14. The van der Waals surface area contributed by atoms with E-state index in [1.807, 2.05) is 0 Å². The van der Waals surface area contributed by atoms with Crippen LogP contribution in [0.3, 0.4) is 0 Å². The van der Waals surface area contributed by atoms with E-state index in [1.54, 1.807) is 6.92 Å². The highest BCUT2D eigenvalue weighted by molar-refractivity contribution is 6.18. The molecule has 0 N–H and O–H groups in total. The van der Waals surface area contributed by atoms with Crippen LogP contribution in [0.5, 0.6) is 5.75 Å². The Kier molecular flexibility index (Phi) is 6.76.